The predicted molar refractivity (Wildman–Crippen MR) is 89.3 cm³/mol. The van der Waals surface area contributed by atoms with E-state index in [0.717, 1.165) is 6.26 Å². The second-order valence-corrected chi connectivity index (χ2v) is 5.85. The first kappa shape index (κ1) is 18.8. The highest BCUT2D eigenvalue weighted by Gasteiger charge is 2.23. The minimum absolute atomic E-state index is 0.118. The number of benzene rings is 1. The third-order valence-corrected chi connectivity index (χ3v) is 3.93. The number of halogens is 2. The zero-order valence-electron chi connectivity index (χ0n) is 12.7. The topological polar surface area (TPSA) is 136 Å². The fourth-order valence-electron chi connectivity index (χ4n) is 1.92. The molecule has 0 aliphatic rings. The fraction of sp³-hybridized carbons (Fsp3) is 0.200. The summed E-state index contributed by atoms with van der Waals surface area (Å²) >= 11 is 11.7. The van der Waals surface area contributed by atoms with Gasteiger partial charge >= 0.3 is 5.97 Å². The van der Waals surface area contributed by atoms with Gasteiger partial charge in [0.15, 0.2) is 5.69 Å². The Kier molecular flexibility index (Phi) is 6.00. The Labute approximate surface area is 151 Å². The van der Waals surface area contributed by atoms with Gasteiger partial charge in [0.1, 0.15) is 12.3 Å². The van der Waals surface area contributed by atoms with Crippen LogP contribution in [0.4, 0.5) is 0 Å². The number of hydrogen-bond acceptors (Lipinski definition) is 5. The first-order valence-corrected chi connectivity index (χ1v) is 7.76. The van der Waals surface area contributed by atoms with E-state index in [1.807, 2.05) is 0 Å². The normalized spacial score (nSPS) is 11.8. The molecule has 2 aromatic rings. The third kappa shape index (κ3) is 4.94. The first-order chi connectivity index (χ1) is 11.8. The summed E-state index contributed by atoms with van der Waals surface area (Å²) in [6.07, 6.45) is 0.776. The third-order valence-electron chi connectivity index (χ3n) is 3.19. The van der Waals surface area contributed by atoms with Crippen LogP contribution < -0.4 is 11.1 Å². The Morgan fingerprint density at radius 1 is 1.28 bits per heavy atom. The lowest BCUT2D eigenvalue weighted by molar-refractivity contribution is -0.139. The number of amides is 2. The van der Waals surface area contributed by atoms with Gasteiger partial charge in [0, 0.05) is 12.0 Å². The number of oxazole rings is 1. The van der Waals surface area contributed by atoms with E-state index >= 15 is 0 Å². The molecule has 0 fully saturated rings. The van der Waals surface area contributed by atoms with Crippen LogP contribution in [-0.2, 0) is 9.59 Å². The number of carboxylic acid groups (broad SMARTS) is 1. The average molecular weight is 386 g/mol. The molecular weight excluding hydrogens is 373 g/mol. The molecule has 1 atom stereocenters. The van der Waals surface area contributed by atoms with Crippen molar-refractivity contribution in [3.63, 3.8) is 0 Å². The van der Waals surface area contributed by atoms with Gasteiger partial charge < -0.3 is 20.6 Å². The maximum atomic E-state index is 12.1. The van der Waals surface area contributed by atoms with Crippen molar-refractivity contribution in [3.05, 3.63) is 40.2 Å². The second-order valence-electron chi connectivity index (χ2n) is 5.04. The number of nitrogens with one attached hydrogen (secondary N) is 1. The Balaban J connectivity index is 2.12. The van der Waals surface area contributed by atoms with Gasteiger partial charge in [-0.3, -0.25) is 9.59 Å². The number of carboxylic acids is 1. The SMILES string of the molecule is NC(=O)CCC(NC(=O)c1coc(-c2ccc(Cl)c(Cl)c2)n1)C(=O)O. The van der Waals surface area contributed by atoms with Crippen molar-refractivity contribution in [3.8, 4) is 11.5 Å². The van der Waals surface area contributed by atoms with Gasteiger partial charge in [-0.15, -0.1) is 0 Å². The highest BCUT2D eigenvalue weighted by atomic mass is 35.5. The molecule has 0 spiro atoms. The lowest BCUT2D eigenvalue weighted by atomic mass is 10.1. The van der Waals surface area contributed by atoms with Crippen molar-refractivity contribution in [2.24, 2.45) is 5.73 Å². The van der Waals surface area contributed by atoms with Crippen LogP contribution in [0.3, 0.4) is 0 Å². The monoisotopic (exact) mass is 385 g/mol. The molecule has 2 rings (SSSR count). The summed E-state index contributed by atoms with van der Waals surface area (Å²) in [5.74, 6) is -2.59. The van der Waals surface area contributed by atoms with E-state index in [4.69, 9.17) is 38.5 Å². The Hall–Kier alpha value is -2.58. The predicted octanol–water partition coefficient (Wildman–Crippen LogP) is 2.10. The van der Waals surface area contributed by atoms with Crippen molar-refractivity contribution in [2.45, 2.75) is 18.9 Å². The first-order valence-electron chi connectivity index (χ1n) is 7.01. The number of carbonyl (C=O) groups is 3. The van der Waals surface area contributed by atoms with Crippen LogP contribution in [0.15, 0.2) is 28.9 Å². The number of rotatable bonds is 7. The summed E-state index contributed by atoms with van der Waals surface area (Å²) in [6.45, 7) is 0. The van der Waals surface area contributed by atoms with Crippen LogP contribution in [0, 0.1) is 0 Å². The molecule has 132 valence electrons. The highest BCUT2D eigenvalue weighted by molar-refractivity contribution is 6.42. The van der Waals surface area contributed by atoms with Gasteiger partial charge in [0.2, 0.25) is 11.8 Å². The van der Waals surface area contributed by atoms with Gasteiger partial charge in [-0.05, 0) is 24.6 Å². The van der Waals surface area contributed by atoms with Crippen LogP contribution in [0.25, 0.3) is 11.5 Å². The lowest BCUT2D eigenvalue weighted by Gasteiger charge is -2.12. The minimum Gasteiger partial charge on any atom is -0.480 e. The largest absolute Gasteiger partial charge is 0.480 e. The van der Waals surface area contributed by atoms with Crippen molar-refractivity contribution >= 4 is 41.0 Å². The second kappa shape index (κ2) is 8.00. The lowest BCUT2D eigenvalue weighted by Crippen LogP contribution is -2.41. The molecular formula is C15H13Cl2N3O5. The van der Waals surface area contributed by atoms with Crippen LogP contribution in [0.2, 0.25) is 10.0 Å². The van der Waals surface area contributed by atoms with Gasteiger partial charge in [-0.1, -0.05) is 23.2 Å². The van der Waals surface area contributed by atoms with E-state index in [-0.39, 0.29) is 24.4 Å². The fourth-order valence-corrected chi connectivity index (χ4v) is 2.21. The summed E-state index contributed by atoms with van der Waals surface area (Å²) < 4.78 is 5.21. The maximum absolute atomic E-state index is 12.1. The molecule has 10 heteroatoms. The molecule has 1 aromatic carbocycles. The van der Waals surface area contributed by atoms with Crippen molar-refractivity contribution < 1.29 is 23.9 Å². The smallest absolute Gasteiger partial charge is 0.326 e. The van der Waals surface area contributed by atoms with Gasteiger partial charge in [-0.2, -0.15) is 0 Å². The van der Waals surface area contributed by atoms with E-state index in [9.17, 15) is 14.4 Å². The van der Waals surface area contributed by atoms with E-state index in [1.165, 1.54) is 6.07 Å². The highest BCUT2D eigenvalue weighted by Crippen LogP contribution is 2.28. The average Bonchev–Trinajstić information content (AvgIpc) is 3.03. The Bertz CT molecular complexity index is 821. The van der Waals surface area contributed by atoms with E-state index in [0.29, 0.717) is 15.6 Å². The molecule has 1 unspecified atom stereocenters. The van der Waals surface area contributed by atoms with Crippen LogP contribution in [0.5, 0.6) is 0 Å². The van der Waals surface area contributed by atoms with Gasteiger partial charge in [-0.25, -0.2) is 9.78 Å². The van der Waals surface area contributed by atoms with Gasteiger partial charge in [0.25, 0.3) is 5.91 Å². The van der Waals surface area contributed by atoms with Crippen molar-refractivity contribution in [1.82, 2.24) is 10.3 Å². The molecule has 25 heavy (non-hydrogen) atoms. The Morgan fingerprint density at radius 3 is 2.60 bits per heavy atom. The van der Waals surface area contributed by atoms with Crippen LogP contribution in [0.1, 0.15) is 23.3 Å². The van der Waals surface area contributed by atoms with E-state index < -0.39 is 23.8 Å². The number of hydrogen-bond donors (Lipinski definition) is 3. The van der Waals surface area contributed by atoms with Gasteiger partial charge in [0.05, 0.1) is 10.0 Å². The van der Waals surface area contributed by atoms with Crippen molar-refractivity contribution in [2.75, 3.05) is 0 Å². The van der Waals surface area contributed by atoms with Crippen molar-refractivity contribution in [1.29, 1.82) is 0 Å². The molecule has 0 aliphatic carbocycles. The molecule has 0 saturated heterocycles. The minimum atomic E-state index is -1.29. The quantitative estimate of drug-likeness (QED) is 0.667. The molecule has 1 aromatic heterocycles. The molecule has 0 bridgehead atoms. The standard InChI is InChI=1S/C15H13Cl2N3O5/c16-8-2-1-7(5-9(8)17)14-20-11(6-25-14)13(22)19-10(15(23)24)3-4-12(18)21/h1-2,5-6,10H,3-4H2,(H2,18,21)(H,19,22)(H,23,24). The summed E-state index contributed by atoms with van der Waals surface area (Å²) in [4.78, 5) is 38.0. The molecule has 4 N–H and O–H groups in total. The summed E-state index contributed by atoms with van der Waals surface area (Å²) in [7, 11) is 0. The van der Waals surface area contributed by atoms with E-state index in [1.54, 1.807) is 12.1 Å². The zero-order valence-corrected chi connectivity index (χ0v) is 14.2. The van der Waals surface area contributed by atoms with Crippen LogP contribution in [-0.4, -0.2) is 33.9 Å². The molecule has 1 heterocycles. The number of aliphatic carboxylic acids is 1. The summed E-state index contributed by atoms with van der Waals surface area (Å²) in [6, 6.07) is 3.40. The molecule has 0 aliphatic heterocycles. The number of aromatic nitrogens is 1. The van der Waals surface area contributed by atoms with E-state index in [2.05, 4.69) is 10.3 Å². The Morgan fingerprint density at radius 2 is 2.00 bits per heavy atom. The molecule has 2 amide bonds. The number of nitrogens with zero attached hydrogens (tertiary/aromatic N) is 1. The maximum Gasteiger partial charge on any atom is 0.326 e. The summed E-state index contributed by atoms with van der Waals surface area (Å²) in [5.41, 5.74) is 5.36. The number of primary amides is 1. The number of nitrogens with two attached hydrogens (primary N) is 1. The number of carbonyl (C=O) groups excluding carboxylic acids is 2. The molecule has 0 saturated carbocycles. The van der Waals surface area contributed by atoms with Crippen LogP contribution >= 0.6 is 23.2 Å². The molecule has 8 nitrogen and oxygen atoms in total. The zero-order chi connectivity index (χ0) is 18.6. The summed E-state index contributed by atoms with van der Waals surface area (Å²) in [5, 5.41) is 12.0. The molecule has 0 radical (unpaired) electrons.